The van der Waals surface area contributed by atoms with Gasteiger partial charge in [0, 0.05) is 10.9 Å². The molecule has 1 saturated heterocycles. The fraction of sp³-hybridized carbons (Fsp3) is 0.455. The third-order valence-corrected chi connectivity index (χ3v) is 3.74. The van der Waals surface area contributed by atoms with Gasteiger partial charge in [-0.1, -0.05) is 22.0 Å². The normalized spacial score (nSPS) is 30.2. The average Bonchev–Trinajstić information content (AvgIpc) is 2.41. The Bertz CT molecular complexity index is 355. The minimum atomic E-state index is 0.110. The molecular formula is C11H11BrO. The first kappa shape index (κ1) is 8.01. The Morgan fingerprint density at radius 1 is 1.31 bits per heavy atom. The standard InChI is InChI=1S/C11H11BrO/c12-9-2-1-8-3-4-11(5-6-13-11)10(8)7-9/h1-2,7H,3-6H2. The maximum absolute atomic E-state index is 5.74. The molecule has 0 saturated carbocycles. The number of fused-ring (bicyclic) bond motifs is 2. The molecule has 1 unspecified atom stereocenters. The highest BCUT2D eigenvalue weighted by atomic mass is 79.9. The predicted molar refractivity (Wildman–Crippen MR) is 54.7 cm³/mol. The Labute approximate surface area is 86.2 Å². The summed E-state index contributed by atoms with van der Waals surface area (Å²) in [5, 5.41) is 0. The first-order valence-corrected chi connectivity index (χ1v) is 5.52. The number of hydrogen-bond acceptors (Lipinski definition) is 1. The van der Waals surface area contributed by atoms with Gasteiger partial charge in [-0.05, 0) is 36.1 Å². The molecule has 1 aliphatic heterocycles. The number of aryl methyl sites for hydroxylation is 1. The molecule has 1 nitrogen and oxygen atoms in total. The van der Waals surface area contributed by atoms with Crippen LogP contribution in [0.3, 0.4) is 0 Å². The van der Waals surface area contributed by atoms with Gasteiger partial charge in [0.2, 0.25) is 0 Å². The fourth-order valence-corrected chi connectivity index (χ4v) is 2.78. The van der Waals surface area contributed by atoms with Gasteiger partial charge in [0.15, 0.2) is 0 Å². The van der Waals surface area contributed by atoms with E-state index in [2.05, 4.69) is 34.1 Å². The van der Waals surface area contributed by atoms with Crippen molar-refractivity contribution in [3.05, 3.63) is 33.8 Å². The van der Waals surface area contributed by atoms with Gasteiger partial charge in [0.25, 0.3) is 0 Å². The van der Waals surface area contributed by atoms with E-state index in [9.17, 15) is 0 Å². The number of benzene rings is 1. The minimum Gasteiger partial charge on any atom is -0.370 e. The van der Waals surface area contributed by atoms with E-state index in [4.69, 9.17) is 4.74 Å². The van der Waals surface area contributed by atoms with Gasteiger partial charge in [-0.25, -0.2) is 0 Å². The summed E-state index contributed by atoms with van der Waals surface area (Å²) in [6.07, 6.45) is 3.57. The molecule has 1 fully saturated rings. The topological polar surface area (TPSA) is 9.23 Å². The van der Waals surface area contributed by atoms with Crippen molar-refractivity contribution in [2.24, 2.45) is 0 Å². The molecule has 1 heterocycles. The second kappa shape index (κ2) is 2.58. The Hall–Kier alpha value is -0.340. The van der Waals surface area contributed by atoms with Crippen molar-refractivity contribution in [1.82, 2.24) is 0 Å². The maximum atomic E-state index is 5.74. The third kappa shape index (κ3) is 1.02. The van der Waals surface area contributed by atoms with Gasteiger partial charge < -0.3 is 4.74 Å². The van der Waals surface area contributed by atoms with Gasteiger partial charge in [-0.3, -0.25) is 0 Å². The summed E-state index contributed by atoms with van der Waals surface area (Å²) < 4.78 is 6.91. The predicted octanol–water partition coefficient (Wildman–Crippen LogP) is 3.01. The molecule has 1 aromatic rings. The maximum Gasteiger partial charge on any atom is 0.0959 e. The molecule has 1 spiro atoms. The van der Waals surface area contributed by atoms with E-state index in [1.165, 1.54) is 34.9 Å². The van der Waals surface area contributed by atoms with Crippen LogP contribution in [0.5, 0.6) is 0 Å². The highest BCUT2D eigenvalue weighted by Gasteiger charge is 2.44. The van der Waals surface area contributed by atoms with Crippen molar-refractivity contribution in [3.63, 3.8) is 0 Å². The molecule has 3 rings (SSSR count). The first-order valence-electron chi connectivity index (χ1n) is 4.73. The lowest BCUT2D eigenvalue weighted by Gasteiger charge is -2.39. The number of halogens is 1. The van der Waals surface area contributed by atoms with Gasteiger partial charge in [-0.2, -0.15) is 0 Å². The molecule has 2 aliphatic rings. The molecule has 0 radical (unpaired) electrons. The van der Waals surface area contributed by atoms with Gasteiger partial charge in [0.1, 0.15) is 0 Å². The van der Waals surface area contributed by atoms with E-state index in [1.807, 2.05) is 0 Å². The van der Waals surface area contributed by atoms with Crippen LogP contribution in [0.15, 0.2) is 22.7 Å². The lowest BCUT2D eigenvalue weighted by Crippen LogP contribution is -2.38. The third-order valence-electron chi connectivity index (χ3n) is 3.25. The van der Waals surface area contributed by atoms with Crippen LogP contribution in [0.25, 0.3) is 0 Å². The number of rotatable bonds is 0. The van der Waals surface area contributed by atoms with Crippen LogP contribution >= 0.6 is 15.9 Å². The summed E-state index contributed by atoms with van der Waals surface area (Å²) in [7, 11) is 0. The van der Waals surface area contributed by atoms with Crippen LogP contribution in [-0.4, -0.2) is 6.61 Å². The fourth-order valence-electron chi connectivity index (χ4n) is 2.42. The van der Waals surface area contributed by atoms with Crippen molar-refractivity contribution >= 4 is 15.9 Å². The number of ether oxygens (including phenoxy) is 1. The molecular weight excluding hydrogens is 228 g/mol. The van der Waals surface area contributed by atoms with Crippen molar-refractivity contribution in [1.29, 1.82) is 0 Å². The van der Waals surface area contributed by atoms with E-state index < -0.39 is 0 Å². The van der Waals surface area contributed by atoms with E-state index in [0.29, 0.717) is 0 Å². The summed E-state index contributed by atoms with van der Waals surface area (Å²) in [5.74, 6) is 0. The smallest absolute Gasteiger partial charge is 0.0959 e. The van der Waals surface area contributed by atoms with Crippen LogP contribution in [0.4, 0.5) is 0 Å². The van der Waals surface area contributed by atoms with Crippen molar-refractivity contribution in [2.75, 3.05) is 6.61 Å². The molecule has 2 heteroatoms. The molecule has 1 aliphatic carbocycles. The largest absolute Gasteiger partial charge is 0.370 e. The second-order valence-corrected chi connectivity index (χ2v) is 4.81. The zero-order chi connectivity index (χ0) is 8.89. The van der Waals surface area contributed by atoms with E-state index in [0.717, 1.165) is 6.61 Å². The zero-order valence-corrected chi connectivity index (χ0v) is 8.93. The van der Waals surface area contributed by atoms with E-state index in [-0.39, 0.29) is 5.60 Å². The first-order chi connectivity index (χ1) is 6.30. The monoisotopic (exact) mass is 238 g/mol. The van der Waals surface area contributed by atoms with Crippen molar-refractivity contribution < 1.29 is 4.74 Å². The summed E-state index contributed by atoms with van der Waals surface area (Å²) in [5.41, 5.74) is 3.01. The Kier molecular flexibility index (Phi) is 1.59. The van der Waals surface area contributed by atoms with E-state index in [1.54, 1.807) is 0 Å². The Balaban J connectivity index is 2.14. The highest BCUT2D eigenvalue weighted by molar-refractivity contribution is 9.10. The summed E-state index contributed by atoms with van der Waals surface area (Å²) in [6, 6.07) is 6.56. The average molecular weight is 239 g/mol. The lowest BCUT2D eigenvalue weighted by atomic mass is 9.88. The minimum absolute atomic E-state index is 0.110. The highest BCUT2D eigenvalue weighted by Crippen LogP contribution is 2.48. The van der Waals surface area contributed by atoms with Crippen LogP contribution in [0.2, 0.25) is 0 Å². The van der Waals surface area contributed by atoms with Crippen LogP contribution in [0, 0.1) is 0 Å². The molecule has 1 aromatic carbocycles. The molecule has 0 aromatic heterocycles. The summed E-state index contributed by atoms with van der Waals surface area (Å²) >= 11 is 3.51. The summed E-state index contributed by atoms with van der Waals surface area (Å²) in [6.45, 7) is 0.936. The zero-order valence-electron chi connectivity index (χ0n) is 7.35. The van der Waals surface area contributed by atoms with Crippen LogP contribution in [0.1, 0.15) is 24.0 Å². The van der Waals surface area contributed by atoms with Crippen LogP contribution in [-0.2, 0) is 16.8 Å². The van der Waals surface area contributed by atoms with Crippen molar-refractivity contribution in [2.45, 2.75) is 24.9 Å². The Morgan fingerprint density at radius 2 is 2.15 bits per heavy atom. The SMILES string of the molecule is Brc1ccc2c(c1)C1(CCO1)CC2. The van der Waals surface area contributed by atoms with Gasteiger partial charge in [0.05, 0.1) is 12.2 Å². The lowest BCUT2D eigenvalue weighted by molar-refractivity contribution is -0.152. The van der Waals surface area contributed by atoms with Crippen molar-refractivity contribution in [3.8, 4) is 0 Å². The quantitative estimate of drug-likeness (QED) is 0.676. The second-order valence-electron chi connectivity index (χ2n) is 3.89. The summed E-state index contributed by atoms with van der Waals surface area (Å²) in [4.78, 5) is 0. The molecule has 0 bridgehead atoms. The van der Waals surface area contributed by atoms with Gasteiger partial charge in [-0.15, -0.1) is 0 Å². The molecule has 13 heavy (non-hydrogen) atoms. The molecule has 1 atom stereocenters. The van der Waals surface area contributed by atoms with E-state index >= 15 is 0 Å². The molecule has 0 N–H and O–H groups in total. The van der Waals surface area contributed by atoms with Crippen LogP contribution < -0.4 is 0 Å². The molecule has 0 amide bonds. The molecule has 68 valence electrons. The number of hydrogen-bond donors (Lipinski definition) is 0. The van der Waals surface area contributed by atoms with Gasteiger partial charge >= 0.3 is 0 Å². The Morgan fingerprint density at radius 3 is 2.85 bits per heavy atom.